The van der Waals surface area contributed by atoms with E-state index in [2.05, 4.69) is 37.8 Å². The Balaban J connectivity index is 1.94. The Morgan fingerprint density at radius 1 is 1.33 bits per heavy atom. The van der Waals surface area contributed by atoms with E-state index in [1.807, 2.05) is 39.1 Å². The van der Waals surface area contributed by atoms with Crippen molar-refractivity contribution in [3.8, 4) is 5.75 Å². The Kier molecular flexibility index (Phi) is 9.28. The first-order valence-electron chi connectivity index (χ1n) is 12.1. The van der Waals surface area contributed by atoms with E-state index in [0.717, 1.165) is 48.2 Å². The number of nitrogen functional groups attached to an aromatic ring is 1. The number of nitrogens with zero attached hydrogens (tertiary/aromatic N) is 4. The van der Waals surface area contributed by atoms with Crippen molar-refractivity contribution in [3.05, 3.63) is 45.7 Å². The second-order valence-corrected chi connectivity index (χ2v) is 9.57. The number of likely N-dealkylation sites (tertiary alicyclic amines) is 1. The maximum atomic E-state index is 8.09. The highest BCUT2D eigenvalue weighted by atomic mass is 35.5. The number of benzene rings is 1. The molecule has 1 aromatic heterocycles. The molecule has 0 bridgehead atoms. The van der Waals surface area contributed by atoms with Gasteiger partial charge in [0, 0.05) is 33.5 Å². The zero-order valence-corrected chi connectivity index (χ0v) is 22.7. The molecule has 1 aromatic carbocycles. The first kappa shape index (κ1) is 27.4. The minimum atomic E-state index is -0.253. The highest BCUT2D eigenvalue weighted by Gasteiger charge is 2.23. The fraction of sp³-hybridized carbons (Fsp3) is 0.462. The number of nitrogens with two attached hydrogens (primary N) is 1. The van der Waals surface area contributed by atoms with E-state index in [1.54, 1.807) is 14.0 Å². The van der Waals surface area contributed by atoms with Gasteiger partial charge in [0.1, 0.15) is 23.7 Å². The molecule has 0 spiro atoms. The lowest BCUT2D eigenvalue weighted by atomic mass is 9.93. The quantitative estimate of drug-likeness (QED) is 0.284. The Morgan fingerprint density at radius 2 is 2.03 bits per heavy atom. The molecule has 2 heterocycles. The number of nitrogens with one attached hydrogen (secondary N) is 3. The summed E-state index contributed by atoms with van der Waals surface area (Å²) in [7, 11) is 3.80. The molecule has 1 atom stereocenters. The smallest absolute Gasteiger partial charge is 0.141 e. The fourth-order valence-corrected chi connectivity index (χ4v) is 4.64. The molecule has 36 heavy (non-hydrogen) atoms. The van der Waals surface area contributed by atoms with Gasteiger partial charge in [-0.1, -0.05) is 17.7 Å². The zero-order valence-electron chi connectivity index (χ0n) is 21.9. The van der Waals surface area contributed by atoms with E-state index in [4.69, 9.17) is 27.5 Å². The molecule has 0 radical (unpaired) electrons. The molecule has 1 saturated heterocycles. The minimum Gasteiger partial charge on any atom is -0.496 e. The molecule has 0 saturated carbocycles. The van der Waals surface area contributed by atoms with E-state index >= 15 is 0 Å². The van der Waals surface area contributed by atoms with Crippen LogP contribution in [0.4, 0.5) is 11.6 Å². The van der Waals surface area contributed by atoms with Crippen LogP contribution in [0.5, 0.6) is 5.75 Å². The van der Waals surface area contributed by atoms with E-state index in [0.29, 0.717) is 28.2 Å². The molecule has 1 unspecified atom stereocenters. The molecule has 5 N–H and O–H groups in total. The number of aromatic nitrogens is 2. The maximum absolute atomic E-state index is 8.09. The van der Waals surface area contributed by atoms with Crippen molar-refractivity contribution in [2.45, 2.75) is 52.6 Å². The average Bonchev–Trinajstić information content (AvgIpc) is 2.84. The summed E-state index contributed by atoms with van der Waals surface area (Å²) >= 11 is 6.72. The molecule has 9 nitrogen and oxygen atoms in total. The predicted octanol–water partition coefficient (Wildman–Crippen LogP) is 4.66. The molecule has 0 amide bonds. The molecular formula is C26H37ClN8O. The Morgan fingerprint density at radius 3 is 2.64 bits per heavy atom. The molecule has 1 fully saturated rings. The van der Waals surface area contributed by atoms with Crippen LogP contribution >= 0.6 is 11.6 Å². The van der Waals surface area contributed by atoms with Gasteiger partial charge in [0.15, 0.2) is 0 Å². The molecular weight excluding hydrogens is 476 g/mol. The van der Waals surface area contributed by atoms with E-state index in [1.165, 1.54) is 6.33 Å². The lowest BCUT2D eigenvalue weighted by Crippen LogP contribution is -2.38. The third kappa shape index (κ3) is 6.14. The van der Waals surface area contributed by atoms with Crippen molar-refractivity contribution >= 4 is 40.7 Å². The summed E-state index contributed by atoms with van der Waals surface area (Å²) in [5.74, 6) is 1.44. The monoisotopic (exact) mass is 512 g/mol. The van der Waals surface area contributed by atoms with Crippen LogP contribution in [-0.2, 0) is 0 Å². The molecule has 1 aliphatic heterocycles. The number of hydrogen-bond donors (Lipinski definition) is 4. The van der Waals surface area contributed by atoms with Crippen molar-refractivity contribution in [1.29, 1.82) is 5.41 Å². The molecule has 0 aliphatic carbocycles. The normalized spacial score (nSPS) is 16.2. The van der Waals surface area contributed by atoms with Crippen LogP contribution in [0.15, 0.2) is 23.6 Å². The Hall–Kier alpha value is -3.17. The summed E-state index contributed by atoms with van der Waals surface area (Å²) in [5, 5.41) is 16.6. The maximum Gasteiger partial charge on any atom is 0.141 e. The number of anilines is 2. The van der Waals surface area contributed by atoms with Crippen LogP contribution in [0.2, 0.25) is 5.02 Å². The number of piperidine rings is 1. The first-order chi connectivity index (χ1) is 17.2. The number of ether oxygens (including phenoxy) is 1. The van der Waals surface area contributed by atoms with Gasteiger partial charge in [-0.25, -0.2) is 9.97 Å². The summed E-state index contributed by atoms with van der Waals surface area (Å²) in [6.07, 6.45) is 7.36. The van der Waals surface area contributed by atoms with Crippen LogP contribution in [0.1, 0.15) is 61.9 Å². The van der Waals surface area contributed by atoms with Crippen LogP contribution in [0.3, 0.4) is 0 Å². The second-order valence-electron chi connectivity index (χ2n) is 9.16. The summed E-state index contributed by atoms with van der Waals surface area (Å²) in [6.45, 7) is 9.72. The van der Waals surface area contributed by atoms with Crippen molar-refractivity contribution < 1.29 is 4.74 Å². The summed E-state index contributed by atoms with van der Waals surface area (Å²) < 4.78 is 5.94. The highest BCUT2D eigenvalue weighted by Crippen LogP contribution is 2.40. The molecule has 2 aromatic rings. The first-order valence-corrected chi connectivity index (χ1v) is 12.5. The third-order valence-corrected chi connectivity index (χ3v) is 6.95. The predicted molar refractivity (Wildman–Crippen MR) is 150 cm³/mol. The molecule has 1 aliphatic rings. The highest BCUT2D eigenvalue weighted by molar-refractivity contribution is 6.32. The number of rotatable bonds is 9. The van der Waals surface area contributed by atoms with Crippen LogP contribution in [0, 0.1) is 12.3 Å². The second kappa shape index (κ2) is 12.2. The Bertz CT molecular complexity index is 1160. The van der Waals surface area contributed by atoms with E-state index in [-0.39, 0.29) is 17.6 Å². The molecule has 3 rings (SSSR count). The number of halogens is 1. The van der Waals surface area contributed by atoms with Gasteiger partial charge in [0.2, 0.25) is 0 Å². The van der Waals surface area contributed by atoms with Gasteiger partial charge in [-0.2, -0.15) is 5.10 Å². The van der Waals surface area contributed by atoms with E-state index in [9.17, 15) is 0 Å². The van der Waals surface area contributed by atoms with Crippen molar-refractivity contribution in [2.24, 2.45) is 5.10 Å². The topological polar surface area (TPSA) is 125 Å². The van der Waals surface area contributed by atoms with Gasteiger partial charge < -0.3 is 31.5 Å². The van der Waals surface area contributed by atoms with Gasteiger partial charge in [-0.15, -0.1) is 0 Å². The zero-order chi connectivity index (χ0) is 26.4. The van der Waals surface area contributed by atoms with Crippen LogP contribution in [0.25, 0.3) is 5.57 Å². The number of hydrogen-bond acceptors (Lipinski definition) is 9. The molecule has 194 valence electrons. The molecule has 10 heteroatoms. The van der Waals surface area contributed by atoms with Crippen LogP contribution in [-0.4, -0.2) is 60.1 Å². The standard InChI is InChI=1S/C26H37ClN8O/c1-7-18(13-32-34-19-8-10-35(5)11-9-19)22-15(2)21(27)12-20(24(22)36-6)17(4)33-26-23(16(3)28)25(29)30-14-31-26/h7,12-14,17,19,28,34H,8-11H2,1-6H3,(H3,29,30,31,33)/b18-7+,28-16?,32-13-. The van der Waals surface area contributed by atoms with Gasteiger partial charge in [-0.3, -0.25) is 0 Å². The summed E-state index contributed by atoms with van der Waals surface area (Å²) in [6, 6.07) is 2.01. The summed E-state index contributed by atoms with van der Waals surface area (Å²) in [5.41, 5.74) is 13.6. The van der Waals surface area contributed by atoms with Gasteiger partial charge in [0.25, 0.3) is 0 Å². The number of methoxy groups -OCH3 is 1. The number of allylic oxidation sites excluding steroid dienone is 2. The van der Waals surface area contributed by atoms with Crippen molar-refractivity contribution in [1.82, 2.24) is 20.3 Å². The van der Waals surface area contributed by atoms with Crippen molar-refractivity contribution in [3.63, 3.8) is 0 Å². The Labute approximate surface area is 218 Å². The lowest BCUT2D eigenvalue weighted by molar-refractivity contribution is 0.236. The summed E-state index contributed by atoms with van der Waals surface area (Å²) in [4.78, 5) is 10.7. The van der Waals surface area contributed by atoms with Gasteiger partial charge >= 0.3 is 0 Å². The fourth-order valence-electron chi connectivity index (χ4n) is 4.43. The van der Waals surface area contributed by atoms with Gasteiger partial charge in [-0.05, 0) is 72.3 Å². The average molecular weight is 513 g/mol. The van der Waals surface area contributed by atoms with Gasteiger partial charge in [0.05, 0.1) is 24.9 Å². The van der Waals surface area contributed by atoms with E-state index < -0.39 is 0 Å². The largest absolute Gasteiger partial charge is 0.496 e. The third-order valence-electron chi connectivity index (χ3n) is 6.56. The SMILES string of the molecule is C/C=C(\C=N/NC1CCN(C)CC1)c1c(C)c(Cl)cc(C(C)Nc2ncnc(N)c2C(C)=N)c1OC. The lowest BCUT2D eigenvalue weighted by Gasteiger charge is -2.28. The van der Waals surface area contributed by atoms with Crippen molar-refractivity contribution in [2.75, 3.05) is 38.3 Å². The van der Waals surface area contributed by atoms with Crippen LogP contribution < -0.4 is 21.2 Å². The minimum absolute atomic E-state index is 0.253. The number of hydrazone groups is 1.